The summed E-state index contributed by atoms with van der Waals surface area (Å²) >= 11 is 0. The van der Waals surface area contributed by atoms with Crippen molar-refractivity contribution in [2.75, 3.05) is 46.4 Å². The average molecular weight is 332 g/mol. The molecule has 1 amide bonds. The highest BCUT2D eigenvalue weighted by Crippen LogP contribution is 2.16. The summed E-state index contributed by atoms with van der Waals surface area (Å²) in [5.74, 6) is 1.11. The lowest BCUT2D eigenvalue weighted by atomic mass is 10.1. The highest BCUT2D eigenvalue weighted by molar-refractivity contribution is 5.76. The first-order valence-corrected chi connectivity index (χ1v) is 8.99. The lowest BCUT2D eigenvalue weighted by molar-refractivity contribution is -0.133. The van der Waals surface area contributed by atoms with Crippen molar-refractivity contribution in [1.82, 2.24) is 9.80 Å². The van der Waals surface area contributed by atoms with E-state index in [1.807, 2.05) is 23.1 Å². The van der Waals surface area contributed by atoms with Crippen LogP contribution in [0.1, 0.15) is 24.8 Å². The van der Waals surface area contributed by atoms with Crippen LogP contribution in [0.3, 0.4) is 0 Å². The van der Waals surface area contributed by atoms with E-state index in [4.69, 9.17) is 9.47 Å². The second-order valence-corrected chi connectivity index (χ2v) is 6.67. The number of amides is 1. The number of hydrogen-bond donors (Lipinski definition) is 0. The fourth-order valence-electron chi connectivity index (χ4n) is 3.49. The van der Waals surface area contributed by atoms with Gasteiger partial charge in [-0.2, -0.15) is 0 Å². The van der Waals surface area contributed by atoms with E-state index in [1.165, 1.54) is 12.8 Å². The zero-order chi connectivity index (χ0) is 16.8. The van der Waals surface area contributed by atoms with Gasteiger partial charge < -0.3 is 14.4 Å². The molecule has 0 radical (unpaired) electrons. The summed E-state index contributed by atoms with van der Waals surface area (Å²) in [5, 5.41) is 0. The Hall–Kier alpha value is -1.59. The molecule has 1 unspecified atom stereocenters. The van der Waals surface area contributed by atoms with Gasteiger partial charge in [0.2, 0.25) is 5.91 Å². The van der Waals surface area contributed by atoms with Crippen LogP contribution >= 0.6 is 0 Å². The Morgan fingerprint density at radius 3 is 2.83 bits per heavy atom. The molecule has 5 nitrogen and oxygen atoms in total. The Balaban J connectivity index is 1.40. The Morgan fingerprint density at radius 2 is 2.12 bits per heavy atom. The second kappa shape index (κ2) is 8.49. The van der Waals surface area contributed by atoms with Crippen molar-refractivity contribution in [2.45, 2.75) is 31.8 Å². The lowest BCUT2D eigenvalue weighted by Crippen LogP contribution is -2.50. The Morgan fingerprint density at radius 1 is 1.29 bits per heavy atom. The first-order valence-electron chi connectivity index (χ1n) is 8.99. The van der Waals surface area contributed by atoms with Crippen LogP contribution < -0.4 is 4.74 Å². The van der Waals surface area contributed by atoms with Crippen LogP contribution in [-0.4, -0.2) is 68.3 Å². The second-order valence-electron chi connectivity index (χ2n) is 6.67. The van der Waals surface area contributed by atoms with Crippen molar-refractivity contribution in [3.8, 4) is 5.75 Å². The summed E-state index contributed by atoms with van der Waals surface area (Å²) in [6, 6.07) is 7.96. The van der Waals surface area contributed by atoms with Gasteiger partial charge in [0.25, 0.3) is 0 Å². The number of methoxy groups -OCH3 is 1. The van der Waals surface area contributed by atoms with Gasteiger partial charge in [-0.25, -0.2) is 0 Å². The molecule has 0 aliphatic carbocycles. The van der Waals surface area contributed by atoms with Gasteiger partial charge >= 0.3 is 0 Å². The first kappa shape index (κ1) is 17.2. The highest BCUT2D eigenvalue weighted by Gasteiger charge is 2.24. The van der Waals surface area contributed by atoms with Gasteiger partial charge in [0.05, 0.1) is 13.2 Å². The number of rotatable bonds is 6. The molecule has 132 valence electrons. The molecule has 1 aromatic carbocycles. The minimum atomic E-state index is 0.259. The number of piperazine rings is 1. The van der Waals surface area contributed by atoms with Crippen LogP contribution in [0, 0.1) is 0 Å². The minimum absolute atomic E-state index is 0.259. The van der Waals surface area contributed by atoms with Gasteiger partial charge in [-0.05, 0) is 37.0 Å². The van der Waals surface area contributed by atoms with Crippen LogP contribution in [0.15, 0.2) is 24.3 Å². The van der Waals surface area contributed by atoms with Gasteiger partial charge in [0.15, 0.2) is 0 Å². The van der Waals surface area contributed by atoms with Gasteiger partial charge in [0, 0.05) is 45.8 Å². The Kier molecular flexibility index (Phi) is 6.10. The molecule has 2 aliphatic heterocycles. The molecule has 0 saturated carbocycles. The zero-order valence-corrected chi connectivity index (χ0v) is 14.6. The molecule has 2 fully saturated rings. The van der Waals surface area contributed by atoms with Crippen molar-refractivity contribution in [3.05, 3.63) is 29.8 Å². The molecular weight excluding hydrogens is 304 g/mol. The summed E-state index contributed by atoms with van der Waals surface area (Å²) in [6.45, 7) is 5.53. The summed E-state index contributed by atoms with van der Waals surface area (Å²) in [6.07, 6.45) is 4.11. The smallest absolute Gasteiger partial charge is 0.222 e. The molecule has 2 heterocycles. The van der Waals surface area contributed by atoms with Crippen molar-refractivity contribution < 1.29 is 14.3 Å². The quantitative estimate of drug-likeness (QED) is 0.798. The van der Waals surface area contributed by atoms with E-state index in [1.54, 1.807) is 7.11 Å². The Bertz CT molecular complexity index is 535. The first-order chi connectivity index (χ1) is 11.7. The molecule has 1 aromatic rings. The third kappa shape index (κ3) is 4.71. The predicted molar refractivity (Wildman–Crippen MR) is 93.3 cm³/mol. The molecule has 3 rings (SSSR count). The topological polar surface area (TPSA) is 42.0 Å². The fourth-order valence-corrected chi connectivity index (χ4v) is 3.49. The van der Waals surface area contributed by atoms with Gasteiger partial charge in [-0.3, -0.25) is 9.69 Å². The van der Waals surface area contributed by atoms with Crippen LogP contribution in [0.2, 0.25) is 0 Å². The van der Waals surface area contributed by atoms with E-state index in [2.05, 4.69) is 11.0 Å². The third-order valence-corrected chi connectivity index (χ3v) is 4.97. The number of ether oxygens (including phenoxy) is 2. The van der Waals surface area contributed by atoms with Crippen molar-refractivity contribution >= 4 is 5.91 Å². The summed E-state index contributed by atoms with van der Waals surface area (Å²) in [7, 11) is 1.67. The summed E-state index contributed by atoms with van der Waals surface area (Å²) < 4.78 is 10.9. The normalized spacial score (nSPS) is 21.9. The third-order valence-electron chi connectivity index (χ3n) is 4.97. The molecule has 0 bridgehead atoms. The number of nitrogens with zero attached hydrogens (tertiary/aromatic N) is 2. The molecule has 0 aromatic heterocycles. The summed E-state index contributed by atoms with van der Waals surface area (Å²) in [4.78, 5) is 16.9. The van der Waals surface area contributed by atoms with E-state index < -0.39 is 0 Å². The molecule has 2 saturated heterocycles. The monoisotopic (exact) mass is 332 g/mol. The van der Waals surface area contributed by atoms with Crippen molar-refractivity contribution in [2.24, 2.45) is 0 Å². The SMILES string of the molecule is COc1cccc(CCC(=O)N2CCN(CC3CCCO3)CC2)c1. The molecule has 24 heavy (non-hydrogen) atoms. The molecular formula is C19H28N2O3. The van der Waals surface area contributed by atoms with Crippen molar-refractivity contribution in [3.63, 3.8) is 0 Å². The van der Waals surface area contributed by atoms with Crippen molar-refractivity contribution in [1.29, 1.82) is 0 Å². The minimum Gasteiger partial charge on any atom is -0.497 e. The number of carbonyl (C=O) groups is 1. The van der Waals surface area contributed by atoms with E-state index in [9.17, 15) is 4.79 Å². The van der Waals surface area contributed by atoms with E-state index in [0.29, 0.717) is 12.5 Å². The predicted octanol–water partition coefficient (Wildman–Crippen LogP) is 1.95. The number of aryl methyl sites for hydroxylation is 1. The maximum absolute atomic E-state index is 12.4. The number of carbonyl (C=O) groups excluding carboxylic acids is 1. The standard InChI is InChI=1S/C19H28N2O3/c1-23-17-5-2-4-16(14-17)7-8-19(22)21-11-9-20(10-12-21)15-18-6-3-13-24-18/h2,4-5,14,18H,3,6-13,15H2,1H3. The maximum atomic E-state index is 12.4. The van der Waals surface area contributed by atoms with Crippen LogP contribution in [0.5, 0.6) is 5.75 Å². The van der Waals surface area contributed by atoms with Crippen LogP contribution in [0.25, 0.3) is 0 Å². The molecule has 1 atom stereocenters. The zero-order valence-electron chi connectivity index (χ0n) is 14.6. The van der Waals surface area contributed by atoms with E-state index in [-0.39, 0.29) is 5.91 Å². The number of hydrogen-bond acceptors (Lipinski definition) is 4. The highest BCUT2D eigenvalue weighted by atomic mass is 16.5. The summed E-state index contributed by atoms with van der Waals surface area (Å²) in [5.41, 5.74) is 1.15. The molecule has 0 spiro atoms. The molecule has 2 aliphatic rings. The van der Waals surface area contributed by atoms with Crippen LogP contribution in [-0.2, 0) is 16.0 Å². The van der Waals surface area contributed by atoms with Gasteiger partial charge in [0.1, 0.15) is 5.75 Å². The molecule has 0 N–H and O–H groups in total. The largest absolute Gasteiger partial charge is 0.497 e. The fraction of sp³-hybridized carbons (Fsp3) is 0.632. The van der Waals surface area contributed by atoms with E-state index >= 15 is 0 Å². The van der Waals surface area contributed by atoms with E-state index in [0.717, 1.165) is 57.1 Å². The average Bonchev–Trinajstić information content (AvgIpc) is 3.13. The number of benzene rings is 1. The lowest BCUT2D eigenvalue weighted by Gasteiger charge is -2.35. The van der Waals surface area contributed by atoms with Gasteiger partial charge in [-0.1, -0.05) is 12.1 Å². The maximum Gasteiger partial charge on any atom is 0.222 e. The van der Waals surface area contributed by atoms with Gasteiger partial charge in [-0.15, -0.1) is 0 Å². The Labute approximate surface area is 144 Å². The van der Waals surface area contributed by atoms with Crippen LogP contribution in [0.4, 0.5) is 0 Å². The molecule has 5 heteroatoms.